The van der Waals surface area contributed by atoms with Gasteiger partial charge in [0.25, 0.3) is 5.91 Å². The van der Waals surface area contributed by atoms with Crippen LogP contribution in [0.2, 0.25) is 0 Å². The number of para-hydroxylation sites is 1. The number of rotatable bonds is 6. The highest BCUT2D eigenvalue weighted by Crippen LogP contribution is 2.28. The van der Waals surface area contributed by atoms with Gasteiger partial charge in [0.2, 0.25) is 5.95 Å². The first-order valence-corrected chi connectivity index (χ1v) is 9.63. The van der Waals surface area contributed by atoms with Crippen LogP contribution in [0.15, 0.2) is 54.7 Å². The third-order valence-electron chi connectivity index (χ3n) is 4.69. The maximum absolute atomic E-state index is 12.8. The second-order valence-electron chi connectivity index (χ2n) is 7.48. The summed E-state index contributed by atoms with van der Waals surface area (Å²) in [6.45, 7) is 6.21. The number of aromatic nitrogens is 2. The van der Waals surface area contributed by atoms with Crippen molar-refractivity contribution in [3.8, 4) is 0 Å². The van der Waals surface area contributed by atoms with Gasteiger partial charge in [-0.2, -0.15) is 0 Å². The Morgan fingerprint density at radius 2 is 1.76 bits per heavy atom. The van der Waals surface area contributed by atoms with Crippen LogP contribution in [0.5, 0.6) is 0 Å². The zero-order chi connectivity index (χ0) is 21.0. The van der Waals surface area contributed by atoms with Gasteiger partial charge in [-0.1, -0.05) is 32.0 Å². The van der Waals surface area contributed by atoms with E-state index in [1.165, 1.54) is 0 Å². The molecule has 0 bridgehead atoms. The predicted molar refractivity (Wildman–Crippen MR) is 119 cm³/mol. The van der Waals surface area contributed by atoms with E-state index in [0.717, 1.165) is 28.2 Å². The first-order valence-electron chi connectivity index (χ1n) is 9.63. The zero-order valence-corrected chi connectivity index (χ0v) is 17.5. The van der Waals surface area contributed by atoms with Crippen LogP contribution in [-0.4, -0.2) is 30.0 Å². The van der Waals surface area contributed by atoms with Crippen LogP contribution in [0.4, 0.5) is 23.0 Å². The quantitative estimate of drug-likeness (QED) is 0.623. The monoisotopic (exact) mass is 389 g/mol. The zero-order valence-electron chi connectivity index (χ0n) is 17.5. The summed E-state index contributed by atoms with van der Waals surface area (Å²) in [5.41, 5.74) is 5.24. The van der Waals surface area contributed by atoms with Crippen molar-refractivity contribution < 1.29 is 4.79 Å². The van der Waals surface area contributed by atoms with Gasteiger partial charge in [-0.05, 0) is 54.3 Å². The third kappa shape index (κ3) is 4.90. The Bertz CT molecular complexity index is 996. The smallest absolute Gasteiger partial charge is 0.274 e. The number of nitrogens with zero attached hydrogens (tertiary/aromatic N) is 3. The van der Waals surface area contributed by atoms with Gasteiger partial charge in [0.05, 0.1) is 0 Å². The Labute approximate surface area is 172 Å². The van der Waals surface area contributed by atoms with E-state index in [0.29, 0.717) is 17.6 Å². The molecule has 0 saturated heterocycles. The summed E-state index contributed by atoms with van der Waals surface area (Å²) in [5.74, 6) is 0.427. The molecule has 0 saturated carbocycles. The van der Waals surface area contributed by atoms with Gasteiger partial charge in [0.15, 0.2) is 0 Å². The molecule has 0 aliphatic rings. The van der Waals surface area contributed by atoms with Crippen molar-refractivity contribution in [3.63, 3.8) is 0 Å². The van der Waals surface area contributed by atoms with E-state index < -0.39 is 0 Å². The Balaban J connectivity index is 1.78. The fraction of sp³-hybridized carbons (Fsp3) is 0.261. The van der Waals surface area contributed by atoms with Crippen molar-refractivity contribution in [1.82, 2.24) is 9.97 Å². The number of hydrogen-bond donors (Lipinski definition) is 2. The van der Waals surface area contributed by atoms with Crippen LogP contribution in [0.1, 0.15) is 41.4 Å². The molecule has 1 aromatic heterocycles. The van der Waals surface area contributed by atoms with E-state index in [4.69, 9.17) is 0 Å². The Kier molecular flexibility index (Phi) is 6.12. The molecular formula is C23H27N5O. The summed E-state index contributed by atoms with van der Waals surface area (Å²) in [7, 11) is 3.99. The predicted octanol–water partition coefficient (Wildman–Crippen LogP) is 4.97. The van der Waals surface area contributed by atoms with Crippen molar-refractivity contribution in [3.05, 3.63) is 71.5 Å². The summed E-state index contributed by atoms with van der Waals surface area (Å²) in [5, 5.41) is 6.17. The van der Waals surface area contributed by atoms with Crippen molar-refractivity contribution in [2.75, 3.05) is 29.6 Å². The minimum Gasteiger partial charge on any atom is -0.378 e. The van der Waals surface area contributed by atoms with Gasteiger partial charge in [-0.25, -0.2) is 9.97 Å². The molecule has 6 heteroatoms. The fourth-order valence-electron chi connectivity index (χ4n) is 3.04. The number of anilines is 4. The molecule has 3 rings (SSSR count). The van der Waals surface area contributed by atoms with Gasteiger partial charge in [0, 0.05) is 37.4 Å². The van der Waals surface area contributed by atoms with Gasteiger partial charge in [-0.15, -0.1) is 0 Å². The molecule has 1 amide bonds. The number of amides is 1. The fourth-order valence-corrected chi connectivity index (χ4v) is 3.04. The average Bonchev–Trinajstić information content (AvgIpc) is 2.70. The summed E-state index contributed by atoms with van der Waals surface area (Å²) in [4.78, 5) is 23.5. The number of aryl methyl sites for hydroxylation is 1. The molecule has 1 heterocycles. The normalized spacial score (nSPS) is 10.7. The summed E-state index contributed by atoms with van der Waals surface area (Å²) >= 11 is 0. The number of nitrogens with one attached hydrogen (secondary N) is 2. The summed E-state index contributed by atoms with van der Waals surface area (Å²) in [6.07, 6.45) is 1.58. The van der Waals surface area contributed by atoms with E-state index in [1.807, 2.05) is 68.4 Å². The summed E-state index contributed by atoms with van der Waals surface area (Å²) < 4.78 is 0. The molecule has 0 aliphatic heterocycles. The second-order valence-corrected chi connectivity index (χ2v) is 7.48. The van der Waals surface area contributed by atoms with E-state index in [2.05, 4.69) is 34.4 Å². The van der Waals surface area contributed by atoms with Gasteiger partial charge in [-0.3, -0.25) is 4.79 Å². The molecule has 2 N–H and O–H groups in total. The van der Waals surface area contributed by atoms with Crippen LogP contribution < -0.4 is 15.5 Å². The SMILES string of the molecule is Cc1cccc(C(C)C)c1NC(=O)c1ccnc(Nc2ccc(N(C)C)cc2)n1. The molecular weight excluding hydrogens is 362 g/mol. The molecule has 3 aromatic rings. The highest BCUT2D eigenvalue weighted by molar-refractivity contribution is 6.04. The molecule has 2 aromatic carbocycles. The van der Waals surface area contributed by atoms with Crippen LogP contribution in [0.3, 0.4) is 0 Å². The maximum Gasteiger partial charge on any atom is 0.274 e. The van der Waals surface area contributed by atoms with Crippen LogP contribution in [-0.2, 0) is 0 Å². The summed E-state index contributed by atoms with van der Waals surface area (Å²) in [6, 6.07) is 15.6. The van der Waals surface area contributed by atoms with Gasteiger partial charge in [0.1, 0.15) is 5.69 Å². The van der Waals surface area contributed by atoms with E-state index >= 15 is 0 Å². The molecule has 6 nitrogen and oxygen atoms in total. The highest BCUT2D eigenvalue weighted by atomic mass is 16.1. The minimum atomic E-state index is -0.255. The van der Waals surface area contributed by atoms with Gasteiger partial charge >= 0.3 is 0 Å². The molecule has 0 radical (unpaired) electrons. The standard InChI is InChI=1S/C23H27N5O/c1-15(2)19-8-6-7-16(3)21(19)27-22(29)20-13-14-24-23(26-20)25-17-9-11-18(12-10-17)28(4)5/h6-15H,1-5H3,(H,27,29)(H,24,25,26). The molecule has 0 unspecified atom stereocenters. The highest BCUT2D eigenvalue weighted by Gasteiger charge is 2.15. The Morgan fingerprint density at radius 3 is 2.41 bits per heavy atom. The lowest BCUT2D eigenvalue weighted by atomic mass is 9.98. The number of carbonyl (C=O) groups excluding carboxylic acids is 1. The lowest BCUT2D eigenvalue weighted by Gasteiger charge is -2.16. The average molecular weight is 390 g/mol. The topological polar surface area (TPSA) is 70.2 Å². The number of hydrogen-bond acceptors (Lipinski definition) is 5. The molecule has 0 fully saturated rings. The van der Waals surface area contributed by atoms with Crippen molar-refractivity contribution >= 4 is 28.9 Å². The lowest BCUT2D eigenvalue weighted by molar-refractivity contribution is 0.102. The minimum absolute atomic E-state index is 0.255. The van der Waals surface area contributed by atoms with Crippen molar-refractivity contribution in [1.29, 1.82) is 0 Å². The van der Waals surface area contributed by atoms with Crippen molar-refractivity contribution in [2.24, 2.45) is 0 Å². The van der Waals surface area contributed by atoms with Crippen LogP contribution in [0, 0.1) is 6.92 Å². The van der Waals surface area contributed by atoms with E-state index in [1.54, 1.807) is 12.3 Å². The Morgan fingerprint density at radius 1 is 1.03 bits per heavy atom. The van der Waals surface area contributed by atoms with Crippen LogP contribution >= 0.6 is 0 Å². The van der Waals surface area contributed by atoms with E-state index in [9.17, 15) is 4.79 Å². The molecule has 0 aliphatic carbocycles. The largest absolute Gasteiger partial charge is 0.378 e. The number of benzene rings is 2. The van der Waals surface area contributed by atoms with Crippen molar-refractivity contribution in [2.45, 2.75) is 26.7 Å². The number of carbonyl (C=O) groups is 1. The van der Waals surface area contributed by atoms with Crippen LogP contribution in [0.25, 0.3) is 0 Å². The van der Waals surface area contributed by atoms with Gasteiger partial charge < -0.3 is 15.5 Å². The third-order valence-corrected chi connectivity index (χ3v) is 4.69. The molecule has 29 heavy (non-hydrogen) atoms. The molecule has 0 atom stereocenters. The maximum atomic E-state index is 12.8. The second kappa shape index (κ2) is 8.73. The Hall–Kier alpha value is -3.41. The first-order chi connectivity index (χ1) is 13.8. The first kappa shape index (κ1) is 20.3. The lowest BCUT2D eigenvalue weighted by Crippen LogP contribution is -2.17. The molecule has 150 valence electrons. The van der Waals surface area contributed by atoms with E-state index in [-0.39, 0.29) is 5.91 Å². The molecule has 0 spiro atoms.